The molecule has 3 aromatic rings. The number of Topliss-reactive ketones (excluding diaryl/α,β-unsaturated/α-hetero) is 1. The number of imidazole rings is 1. The van der Waals surface area contributed by atoms with Crippen molar-refractivity contribution in [3.05, 3.63) is 52.6 Å². The van der Waals surface area contributed by atoms with Crippen LogP contribution in [0.2, 0.25) is 0 Å². The molecule has 0 saturated carbocycles. The fourth-order valence-corrected chi connectivity index (χ4v) is 3.59. The van der Waals surface area contributed by atoms with Gasteiger partial charge in [0.2, 0.25) is 11.7 Å². The van der Waals surface area contributed by atoms with E-state index in [4.69, 9.17) is 21.3 Å². The number of nitrogens with one attached hydrogen (secondary N) is 1. The zero-order valence-corrected chi connectivity index (χ0v) is 16.0. The Hall–Kier alpha value is -3.70. The summed E-state index contributed by atoms with van der Waals surface area (Å²) in [4.78, 5) is 35.8. The highest BCUT2D eigenvalue weighted by atomic mass is 16.6. The van der Waals surface area contributed by atoms with E-state index in [2.05, 4.69) is 15.0 Å². The van der Waals surface area contributed by atoms with Gasteiger partial charge in [0.15, 0.2) is 16.9 Å². The lowest BCUT2D eigenvalue weighted by molar-refractivity contribution is -0.173. The Morgan fingerprint density at radius 1 is 1.29 bits per heavy atom. The average molecular weight is 429 g/mol. The molecule has 3 heterocycles. The first-order chi connectivity index (χ1) is 14.9. The second-order valence-electron chi connectivity index (χ2n) is 6.79. The summed E-state index contributed by atoms with van der Waals surface area (Å²) in [5.41, 5.74) is 3.25. The molecule has 31 heavy (non-hydrogen) atoms. The number of nitrogen functional groups attached to an aromatic ring is 1. The number of hydrogen-bond donors (Lipinski definition) is 5. The highest BCUT2D eigenvalue weighted by molar-refractivity contribution is 5.90. The SMILES string of the molecule is N#N.Nc1nc2c(ncn2[C@]2(C(=O)Cc3ccccc3)O[C@H](CO)[C@@H](O)[C@H]2O)c(=O)[nH]1. The summed E-state index contributed by atoms with van der Waals surface area (Å²) in [5.74, 6) is -0.840. The van der Waals surface area contributed by atoms with Crippen LogP contribution in [0.5, 0.6) is 0 Å². The van der Waals surface area contributed by atoms with E-state index >= 15 is 0 Å². The Morgan fingerprint density at radius 2 is 1.97 bits per heavy atom. The third-order valence-corrected chi connectivity index (χ3v) is 5.01. The monoisotopic (exact) mass is 429 g/mol. The van der Waals surface area contributed by atoms with Crippen LogP contribution in [0, 0.1) is 10.8 Å². The second kappa shape index (κ2) is 8.58. The number of ketones is 1. The number of carbonyl (C=O) groups is 1. The first-order valence-corrected chi connectivity index (χ1v) is 9.04. The lowest BCUT2D eigenvalue weighted by atomic mass is 9.93. The van der Waals surface area contributed by atoms with Crippen molar-refractivity contribution in [2.75, 3.05) is 12.3 Å². The summed E-state index contributed by atoms with van der Waals surface area (Å²) in [5, 5.41) is 42.7. The van der Waals surface area contributed by atoms with Gasteiger partial charge in [0.25, 0.3) is 5.56 Å². The molecule has 2 aromatic heterocycles. The maximum atomic E-state index is 13.4. The number of anilines is 1. The summed E-state index contributed by atoms with van der Waals surface area (Å²) in [6.45, 7) is -0.638. The summed E-state index contributed by atoms with van der Waals surface area (Å²) >= 11 is 0. The number of fused-ring (bicyclic) bond motifs is 1. The zero-order valence-electron chi connectivity index (χ0n) is 16.0. The molecule has 0 aliphatic carbocycles. The number of nitrogens with two attached hydrogens (primary N) is 1. The normalized spacial score (nSPS) is 25.1. The molecule has 0 bridgehead atoms. The standard InChI is InChI=1S/C18H19N5O6.N2/c19-17-21-15-12(16(28)22-17)20-8-23(15)18(14(27)13(26)10(7-24)29-18)11(25)6-9-4-2-1-3-5-9;1-2/h1-5,8,10,13-14,24,26-27H,6-7H2,(H3,19,21,22,28);/t10-,13-,14-,18-;/m1./s1. The number of H-pyrrole nitrogens is 1. The molecule has 0 radical (unpaired) electrons. The number of aromatic amines is 1. The molecule has 4 rings (SSSR count). The van der Waals surface area contributed by atoms with Gasteiger partial charge >= 0.3 is 0 Å². The Bertz CT molecular complexity index is 1160. The van der Waals surface area contributed by atoms with Crippen molar-refractivity contribution >= 4 is 22.9 Å². The van der Waals surface area contributed by atoms with Crippen molar-refractivity contribution in [1.29, 1.82) is 10.8 Å². The van der Waals surface area contributed by atoms with E-state index in [1.165, 1.54) is 0 Å². The topological polar surface area (TPSA) is 224 Å². The van der Waals surface area contributed by atoms with E-state index in [1.54, 1.807) is 30.3 Å². The second-order valence-corrected chi connectivity index (χ2v) is 6.79. The minimum absolute atomic E-state index is 0.0995. The van der Waals surface area contributed by atoms with Gasteiger partial charge < -0.3 is 25.8 Å². The van der Waals surface area contributed by atoms with Gasteiger partial charge in [-0.15, -0.1) is 0 Å². The number of nitrogens with zero attached hydrogens (tertiary/aromatic N) is 5. The van der Waals surface area contributed by atoms with Gasteiger partial charge in [-0.3, -0.25) is 19.1 Å². The highest BCUT2D eigenvalue weighted by Gasteiger charge is 2.60. The van der Waals surface area contributed by atoms with Crippen LogP contribution < -0.4 is 11.3 Å². The molecule has 1 aliphatic rings. The Balaban J connectivity index is 0.00000132. The first-order valence-electron chi connectivity index (χ1n) is 9.04. The van der Waals surface area contributed by atoms with E-state index in [9.17, 15) is 24.9 Å². The smallest absolute Gasteiger partial charge is 0.280 e. The fourth-order valence-electron chi connectivity index (χ4n) is 3.59. The number of aromatic nitrogens is 4. The lowest BCUT2D eigenvalue weighted by Crippen LogP contribution is -2.52. The molecule has 1 saturated heterocycles. The largest absolute Gasteiger partial charge is 0.394 e. The molecule has 1 aromatic carbocycles. The van der Waals surface area contributed by atoms with Gasteiger partial charge in [-0.2, -0.15) is 4.98 Å². The van der Waals surface area contributed by atoms with E-state index in [0.29, 0.717) is 5.56 Å². The van der Waals surface area contributed by atoms with Gasteiger partial charge in [-0.25, -0.2) is 4.98 Å². The van der Waals surface area contributed by atoms with Gasteiger partial charge in [0.1, 0.15) is 24.6 Å². The van der Waals surface area contributed by atoms with Gasteiger partial charge in [-0.05, 0) is 5.56 Å². The van der Waals surface area contributed by atoms with Crippen molar-refractivity contribution < 1.29 is 24.9 Å². The molecule has 13 heteroatoms. The summed E-state index contributed by atoms with van der Waals surface area (Å²) in [6.07, 6.45) is -3.58. The number of aliphatic hydroxyl groups excluding tert-OH is 3. The molecule has 1 fully saturated rings. The van der Waals surface area contributed by atoms with Crippen LogP contribution in [0.3, 0.4) is 0 Å². The third-order valence-electron chi connectivity index (χ3n) is 5.01. The quantitative estimate of drug-likeness (QED) is 0.287. The van der Waals surface area contributed by atoms with Crippen LogP contribution >= 0.6 is 0 Å². The molecular formula is C18H19N7O6. The summed E-state index contributed by atoms with van der Waals surface area (Å²) in [7, 11) is 0. The minimum Gasteiger partial charge on any atom is -0.394 e. The fraction of sp³-hybridized carbons (Fsp3) is 0.333. The Kier molecular flexibility index (Phi) is 6.09. The molecule has 13 nitrogen and oxygen atoms in total. The van der Waals surface area contributed by atoms with Crippen molar-refractivity contribution in [2.45, 2.75) is 30.5 Å². The predicted molar refractivity (Wildman–Crippen MR) is 103 cm³/mol. The average Bonchev–Trinajstić information content (AvgIpc) is 3.30. The maximum Gasteiger partial charge on any atom is 0.280 e. The molecule has 0 amide bonds. The molecule has 6 N–H and O–H groups in total. The van der Waals surface area contributed by atoms with Gasteiger partial charge in [0, 0.05) is 17.2 Å². The number of aliphatic hydroxyl groups is 3. The Morgan fingerprint density at radius 3 is 2.58 bits per heavy atom. The van der Waals surface area contributed by atoms with Crippen molar-refractivity contribution in [3.8, 4) is 0 Å². The van der Waals surface area contributed by atoms with E-state index in [0.717, 1.165) is 10.9 Å². The van der Waals surface area contributed by atoms with Crippen molar-refractivity contribution in [2.24, 2.45) is 0 Å². The summed E-state index contributed by atoms with van der Waals surface area (Å²) < 4.78 is 6.81. The molecule has 0 spiro atoms. The number of carbonyl (C=O) groups excluding carboxylic acids is 1. The van der Waals surface area contributed by atoms with Crippen molar-refractivity contribution in [3.63, 3.8) is 0 Å². The van der Waals surface area contributed by atoms with Crippen LogP contribution in [-0.2, 0) is 21.7 Å². The number of ether oxygens (including phenoxy) is 1. The Labute approximate surface area is 174 Å². The number of hydrogen-bond acceptors (Lipinski definition) is 11. The zero-order chi connectivity index (χ0) is 22.8. The van der Waals surface area contributed by atoms with Crippen LogP contribution in [0.15, 0.2) is 41.5 Å². The van der Waals surface area contributed by atoms with Crippen LogP contribution in [-0.4, -0.2) is 65.5 Å². The molecule has 0 unspecified atom stereocenters. The van der Waals surface area contributed by atoms with E-state index in [1.807, 2.05) is 0 Å². The van der Waals surface area contributed by atoms with Gasteiger partial charge in [-0.1, -0.05) is 30.3 Å². The van der Waals surface area contributed by atoms with Crippen LogP contribution in [0.4, 0.5) is 5.95 Å². The van der Waals surface area contributed by atoms with Crippen LogP contribution in [0.1, 0.15) is 5.56 Å². The summed E-state index contributed by atoms with van der Waals surface area (Å²) in [6, 6.07) is 8.74. The van der Waals surface area contributed by atoms with E-state index in [-0.39, 0.29) is 23.5 Å². The lowest BCUT2D eigenvalue weighted by Gasteiger charge is -2.32. The number of rotatable bonds is 5. The van der Waals surface area contributed by atoms with Crippen LogP contribution in [0.25, 0.3) is 11.2 Å². The van der Waals surface area contributed by atoms with Gasteiger partial charge in [0.05, 0.1) is 6.61 Å². The molecular weight excluding hydrogens is 410 g/mol. The molecule has 4 atom stereocenters. The predicted octanol–water partition coefficient (Wildman–Crippen LogP) is -1.69. The van der Waals surface area contributed by atoms with E-state index < -0.39 is 42.0 Å². The third kappa shape index (κ3) is 3.53. The molecule has 1 aliphatic heterocycles. The minimum atomic E-state index is -2.16. The first kappa shape index (κ1) is 22.0. The maximum absolute atomic E-state index is 13.4. The highest BCUT2D eigenvalue weighted by Crippen LogP contribution is 2.38. The van der Waals surface area contributed by atoms with Crippen molar-refractivity contribution in [1.82, 2.24) is 19.5 Å². The molecule has 162 valence electrons. The number of benzene rings is 1.